The first kappa shape index (κ1) is 18.8. The third kappa shape index (κ3) is 4.06. The summed E-state index contributed by atoms with van der Waals surface area (Å²) in [4.78, 5) is 25.9. The normalized spacial score (nSPS) is 10.9. The van der Waals surface area contributed by atoms with Crippen molar-refractivity contribution in [2.45, 2.75) is 26.7 Å². The van der Waals surface area contributed by atoms with Gasteiger partial charge in [-0.05, 0) is 36.8 Å². The van der Waals surface area contributed by atoms with Crippen LogP contribution in [-0.2, 0) is 0 Å². The second-order valence-corrected chi connectivity index (χ2v) is 7.32. The number of carbonyl (C=O) groups excluding carboxylic acids is 2. The van der Waals surface area contributed by atoms with Gasteiger partial charge in [0, 0.05) is 10.8 Å². The van der Waals surface area contributed by atoms with E-state index in [0.717, 1.165) is 10.4 Å². The SMILES string of the molecule is Cc1noc(C(C)C)c1C(=O)NNC(=O)c1ccc(-c2ccc(F)cc2)s1. The average Bonchev–Trinajstić information content (AvgIpc) is 3.27. The Morgan fingerprint density at radius 2 is 1.74 bits per heavy atom. The lowest BCUT2D eigenvalue weighted by Gasteiger charge is -2.07. The van der Waals surface area contributed by atoms with Gasteiger partial charge in [-0.2, -0.15) is 0 Å². The molecular formula is C19H18FN3O3S. The molecule has 8 heteroatoms. The molecule has 140 valence electrons. The molecule has 27 heavy (non-hydrogen) atoms. The van der Waals surface area contributed by atoms with Gasteiger partial charge in [-0.15, -0.1) is 11.3 Å². The van der Waals surface area contributed by atoms with Gasteiger partial charge in [0.2, 0.25) is 0 Å². The Kier molecular flexibility index (Phi) is 5.36. The highest BCUT2D eigenvalue weighted by molar-refractivity contribution is 7.17. The van der Waals surface area contributed by atoms with E-state index >= 15 is 0 Å². The Morgan fingerprint density at radius 1 is 1.07 bits per heavy atom. The number of amides is 2. The van der Waals surface area contributed by atoms with Crippen molar-refractivity contribution < 1.29 is 18.5 Å². The van der Waals surface area contributed by atoms with Crippen LogP contribution < -0.4 is 10.9 Å². The van der Waals surface area contributed by atoms with Gasteiger partial charge >= 0.3 is 0 Å². The van der Waals surface area contributed by atoms with Crippen molar-refractivity contribution in [1.82, 2.24) is 16.0 Å². The van der Waals surface area contributed by atoms with E-state index in [1.807, 2.05) is 13.8 Å². The fraction of sp³-hybridized carbons (Fsp3) is 0.211. The van der Waals surface area contributed by atoms with E-state index in [0.29, 0.717) is 21.9 Å². The Balaban J connectivity index is 1.67. The van der Waals surface area contributed by atoms with Crippen LogP contribution in [0.1, 0.15) is 51.2 Å². The number of benzene rings is 1. The number of aryl methyl sites for hydroxylation is 1. The lowest BCUT2D eigenvalue weighted by molar-refractivity contribution is 0.0847. The van der Waals surface area contributed by atoms with E-state index in [-0.39, 0.29) is 11.7 Å². The van der Waals surface area contributed by atoms with Crippen LogP contribution in [0.5, 0.6) is 0 Å². The number of aromatic nitrogens is 1. The van der Waals surface area contributed by atoms with E-state index in [1.54, 1.807) is 31.2 Å². The van der Waals surface area contributed by atoms with Gasteiger partial charge in [0.1, 0.15) is 11.4 Å². The van der Waals surface area contributed by atoms with Crippen LogP contribution >= 0.6 is 11.3 Å². The number of thiophene rings is 1. The van der Waals surface area contributed by atoms with Crippen LogP contribution in [0.15, 0.2) is 40.9 Å². The lowest BCUT2D eigenvalue weighted by atomic mass is 10.1. The van der Waals surface area contributed by atoms with Crippen LogP contribution in [0, 0.1) is 12.7 Å². The predicted octanol–water partition coefficient (Wildman–Crippen LogP) is 4.05. The van der Waals surface area contributed by atoms with E-state index in [9.17, 15) is 14.0 Å². The number of hydrogen-bond donors (Lipinski definition) is 2. The van der Waals surface area contributed by atoms with Crippen molar-refractivity contribution in [3.8, 4) is 10.4 Å². The summed E-state index contributed by atoms with van der Waals surface area (Å²) in [5.41, 5.74) is 6.38. The summed E-state index contributed by atoms with van der Waals surface area (Å²) in [6.45, 7) is 5.44. The van der Waals surface area contributed by atoms with Crippen molar-refractivity contribution in [3.05, 3.63) is 64.1 Å². The molecule has 2 heterocycles. The molecule has 3 aromatic rings. The highest BCUT2D eigenvalue weighted by atomic mass is 32.1. The topological polar surface area (TPSA) is 84.2 Å². The van der Waals surface area contributed by atoms with Gasteiger partial charge in [0.25, 0.3) is 11.8 Å². The molecule has 0 unspecified atom stereocenters. The largest absolute Gasteiger partial charge is 0.360 e. The Hall–Kier alpha value is -3.00. The zero-order valence-corrected chi connectivity index (χ0v) is 15.8. The summed E-state index contributed by atoms with van der Waals surface area (Å²) < 4.78 is 18.2. The molecule has 0 fully saturated rings. The molecule has 1 aromatic carbocycles. The number of nitrogens with one attached hydrogen (secondary N) is 2. The monoisotopic (exact) mass is 387 g/mol. The second-order valence-electron chi connectivity index (χ2n) is 6.24. The van der Waals surface area contributed by atoms with Crippen LogP contribution in [-0.4, -0.2) is 17.0 Å². The van der Waals surface area contributed by atoms with E-state index < -0.39 is 11.8 Å². The maximum Gasteiger partial charge on any atom is 0.279 e. The molecule has 0 aliphatic rings. The maximum atomic E-state index is 13.0. The molecule has 2 amide bonds. The van der Waals surface area contributed by atoms with Crippen LogP contribution in [0.4, 0.5) is 4.39 Å². The summed E-state index contributed by atoms with van der Waals surface area (Å²) in [6.07, 6.45) is 0. The first-order valence-electron chi connectivity index (χ1n) is 8.29. The fourth-order valence-corrected chi connectivity index (χ4v) is 3.43. The Bertz CT molecular complexity index is 977. The molecule has 0 radical (unpaired) electrons. The maximum absolute atomic E-state index is 13.0. The number of hydrogen-bond acceptors (Lipinski definition) is 5. The van der Waals surface area contributed by atoms with Crippen molar-refractivity contribution in [3.63, 3.8) is 0 Å². The summed E-state index contributed by atoms with van der Waals surface area (Å²) in [5.74, 6) is -0.795. The highest BCUT2D eigenvalue weighted by Crippen LogP contribution is 2.28. The first-order chi connectivity index (χ1) is 12.9. The van der Waals surface area contributed by atoms with E-state index in [1.165, 1.54) is 23.5 Å². The van der Waals surface area contributed by atoms with Crippen molar-refractivity contribution in [2.24, 2.45) is 0 Å². The summed E-state index contributed by atoms with van der Waals surface area (Å²) >= 11 is 1.24. The molecule has 0 spiro atoms. The zero-order chi connectivity index (χ0) is 19.6. The Labute approximate surface area is 159 Å². The van der Waals surface area contributed by atoms with E-state index in [2.05, 4.69) is 16.0 Å². The molecular weight excluding hydrogens is 369 g/mol. The predicted molar refractivity (Wildman–Crippen MR) is 100.0 cm³/mol. The first-order valence-corrected chi connectivity index (χ1v) is 9.11. The van der Waals surface area contributed by atoms with Gasteiger partial charge in [-0.1, -0.05) is 31.1 Å². The van der Waals surface area contributed by atoms with E-state index in [4.69, 9.17) is 4.52 Å². The fourth-order valence-electron chi connectivity index (χ4n) is 2.52. The molecule has 0 bridgehead atoms. The minimum absolute atomic E-state index is 0.0155. The number of carbonyl (C=O) groups is 2. The standard InChI is InChI=1S/C19H18FN3O3S/c1-10(2)17-16(11(3)23-26-17)19(25)22-21-18(24)15-9-8-14(27-15)12-4-6-13(20)7-5-12/h4-10H,1-3H3,(H,21,24)(H,22,25). The quantitative estimate of drug-likeness (QED) is 0.662. The molecule has 0 saturated heterocycles. The number of halogens is 1. The molecule has 6 nitrogen and oxygen atoms in total. The molecule has 0 aliphatic carbocycles. The molecule has 0 saturated carbocycles. The zero-order valence-electron chi connectivity index (χ0n) is 15.0. The summed E-state index contributed by atoms with van der Waals surface area (Å²) in [6, 6.07) is 9.44. The van der Waals surface area contributed by atoms with Gasteiger partial charge in [-0.3, -0.25) is 20.4 Å². The van der Waals surface area contributed by atoms with Crippen LogP contribution in [0.3, 0.4) is 0 Å². The van der Waals surface area contributed by atoms with Crippen LogP contribution in [0.25, 0.3) is 10.4 Å². The number of hydrazine groups is 1. The minimum atomic E-state index is -0.485. The molecule has 3 rings (SSSR count). The smallest absolute Gasteiger partial charge is 0.279 e. The van der Waals surface area contributed by atoms with Crippen molar-refractivity contribution in [1.29, 1.82) is 0 Å². The van der Waals surface area contributed by atoms with Gasteiger partial charge in [-0.25, -0.2) is 4.39 Å². The van der Waals surface area contributed by atoms with Gasteiger partial charge in [0.15, 0.2) is 5.76 Å². The number of nitrogens with zero attached hydrogens (tertiary/aromatic N) is 1. The molecule has 2 aromatic heterocycles. The van der Waals surface area contributed by atoms with Crippen molar-refractivity contribution in [2.75, 3.05) is 0 Å². The lowest BCUT2D eigenvalue weighted by Crippen LogP contribution is -2.41. The third-order valence-electron chi connectivity index (χ3n) is 3.89. The van der Waals surface area contributed by atoms with Gasteiger partial charge in [0.05, 0.1) is 10.6 Å². The van der Waals surface area contributed by atoms with Crippen molar-refractivity contribution >= 4 is 23.2 Å². The number of rotatable bonds is 4. The molecule has 0 aliphatic heterocycles. The third-order valence-corrected chi connectivity index (χ3v) is 5.02. The summed E-state index contributed by atoms with van der Waals surface area (Å²) in [5, 5.41) is 3.81. The molecule has 2 N–H and O–H groups in total. The van der Waals surface area contributed by atoms with Gasteiger partial charge < -0.3 is 4.52 Å². The van der Waals surface area contributed by atoms with Crippen LogP contribution in [0.2, 0.25) is 0 Å². The Morgan fingerprint density at radius 3 is 2.41 bits per heavy atom. The minimum Gasteiger partial charge on any atom is -0.360 e. The second kappa shape index (κ2) is 7.71. The summed E-state index contributed by atoms with van der Waals surface area (Å²) in [7, 11) is 0. The average molecular weight is 387 g/mol. The molecule has 0 atom stereocenters. The highest BCUT2D eigenvalue weighted by Gasteiger charge is 2.23.